The Hall–Kier alpha value is -2.23. The molecule has 1 aliphatic heterocycles. The van der Waals surface area contributed by atoms with Gasteiger partial charge in [-0.25, -0.2) is 4.39 Å². The SMILES string of the molecule is Cc1cnccc1CC(=O)N1CC[C@@H](C)[C@@H]1c1cccc(F)c1. The molecule has 1 fully saturated rings. The highest BCUT2D eigenvalue weighted by molar-refractivity contribution is 5.80. The molecule has 3 rings (SSSR count). The largest absolute Gasteiger partial charge is 0.335 e. The Morgan fingerprint density at radius 1 is 1.39 bits per heavy atom. The molecule has 0 N–H and O–H groups in total. The molecule has 0 unspecified atom stereocenters. The summed E-state index contributed by atoms with van der Waals surface area (Å²) in [5.41, 5.74) is 2.91. The maximum atomic E-state index is 13.6. The van der Waals surface area contributed by atoms with E-state index in [1.54, 1.807) is 24.5 Å². The number of carbonyl (C=O) groups is 1. The van der Waals surface area contributed by atoms with Crippen LogP contribution in [-0.2, 0) is 11.2 Å². The van der Waals surface area contributed by atoms with E-state index >= 15 is 0 Å². The van der Waals surface area contributed by atoms with E-state index < -0.39 is 0 Å². The van der Waals surface area contributed by atoms with Crippen molar-refractivity contribution in [3.63, 3.8) is 0 Å². The van der Waals surface area contributed by atoms with Gasteiger partial charge in [-0.15, -0.1) is 0 Å². The molecule has 2 aromatic rings. The summed E-state index contributed by atoms with van der Waals surface area (Å²) in [6.45, 7) is 4.82. The van der Waals surface area contributed by atoms with Crippen LogP contribution in [0.4, 0.5) is 4.39 Å². The number of benzene rings is 1. The van der Waals surface area contributed by atoms with E-state index in [-0.39, 0.29) is 17.8 Å². The van der Waals surface area contributed by atoms with Gasteiger partial charge in [-0.2, -0.15) is 0 Å². The summed E-state index contributed by atoms with van der Waals surface area (Å²) in [4.78, 5) is 18.8. The zero-order valence-electron chi connectivity index (χ0n) is 13.5. The van der Waals surface area contributed by atoms with Crippen molar-refractivity contribution in [3.05, 3.63) is 65.2 Å². The van der Waals surface area contributed by atoms with Crippen molar-refractivity contribution in [2.45, 2.75) is 32.7 Å². The van der Waals surface area contributed by atoms with Crippen LogP contribution in [0.2, 0.25) is 0 Å². The lowest BCUT2D eigenvalue weighted by atomic mass is 9.95. The van der Waals surface area contributed by atoms with Crippen molar-refractivity contribution in [1.29, 1.82) is 0 Å². The van der Waals surface area contributed by atoms with Gasteiger partial charge in [-0.1, -0.05) is 19.1 Å². The Kier molecular flexibility index (Phi) is 4.42. The van der Waals surface area contributed by atoms with Gasteiger partial charge in [0.05, 0.1) is 12.5 Å². The number of likely N-dealkylation sites (tertiary alicyclic amines) is 1. The van der Waals surface area contributed by atoms with E-state index in [0.29, 0.717) is 12.3 Å². The lowest BCUT2D eigenvalue weighted by Crippen LogP contribution is -2.33. The third-order valence-corrected chi connectivity index (χ3v) is 4.69. The fourth-order valence-corrected chi connectivity index (χ4v) is 3.39. The third-order valence-electron chi connectivity index (χ3n) is 4.69. The number of aromatic nitrogens is 1. The Balaban J connectivity index is 1.83. The minimum atomic E-state index is -0.251. The normalized spacial score (nSPS) is 20.7. The van der Waals surface area contributed by atoms with Gasteiger partial charge in [-0.3, -0.25) is 9.78 Å². The molecule has 1 aromatic carbocycles. The standard InChI is InChI=1S/C19H21FN2O/c1-13-7-9-22(19(13)16-4-3-5-17(20)10-16)18(23)11-15-6-8-21-12-14(15)2/h3-6,8,10,12-13,19H,7,9,11H2,1-2H3/t13-,19-/m1/s1. The smallest absolute Gasteiger partial charge is 0.227 e. The lowest BCUT2D eigenvalue weighted by molar-refractivity contribution is -0.131. The summed E-state index contributed by atoms with van der Waals surface area (Å²) in [5.74, 6) is 0.177. The number of amides is 1. The fourth-order valence-electron chi connectivity index (χ4n) is 3.39. The third kappa shape index (κ3) is 3.26. The Morgan fingerprint density at radius 2 is 2.22 bits per heavy atom. The van der Waals surface area contributed by atoms with Crippen LogP contribution in [0.3, 0.4) is 0 Å². The van der Waals surface area contributed by atoms with Crippen molar-refractivity contribution in [3.8, 4) is 0 Å². The molecule has 1 aromatic heterocycles. The van der Waals surface area contributed by atoms with Gasteiger partial charge < -0.3 is 4.90 Å². The van der Waals surface area contributed by atoms with Crippen molar-refractivity contribution >= 4 is 5.91 Å². The van der Waals surface area contributed by atoms with Crippen molar-refractivity contribution < 1.29 is 9.18 Å². The molecule has 1 saturated heterocycles. The number of nitrogens with zero attached hydrogens (tertiary/aromatic N) is 2. The molecule has 0 bridgehead atoms. The highest BCUT2D eigenvalue weighted by Crippen LogP contribution is 2.37. The van der Waals surface area contributed by atoms with Crippen LogP contribution in [0.1, 0.15) is 36.1 Å². The van der Waals surface area contributed by atoms with Crippen LogP contribution in [0.5, 0.6) is 0 Å². The van der Waals surface area contributed by atoms with Gasteiger partial charge in [0.2, 0.25) is 5.91 Å². The van der Waals surface area contributed by atoms with Crippen LogP contribution in [0, 0.1) is 18.7 Å². The average Bonchev–Trinajstić information content (AvgIpc) is 2.91. The molecule has 1 aliphatic rings. The first-order chi connectivity index (χ1) is 11.1. The first kappa shape index (κ1) is 15.7. The molecule has 0 saturated carbocycles. The van der Waals surface area contributed by atoms with Gasteiger partial charge in [0.1, 0.15) is 5.82 Å². The van der Waals surface area contributed by atoms with Gasteiger partial charge in [0.15, 0.2) is 0 Å². The van der Waals surface area contributed by atoms with Crippen molar-refractivity contribution in [2.24, 2.45) is 5.92 Å². The number of hydrogen-bond donors (Lipinski definition) is 0. The predicted octanol–water partition coefficient (Wildman–Crippen LogP) is 3.68. The van der Waals surface area contributed by atoms with Crippen molar-refractivity contribution in [1.82, 2.24) is 9.88 Å². The number of rotatable bonds is 3. The number of halogens is 1. The molecular weight excluding hydrogens is 291 g/mol. The van der Waals surface area contributed by atoms with E-state index in [2.05, 4.69) is 11.9 Å². The summed E-state index contributed by atoms with van der Waals surface area (Å²) in [6.07, 6.45) is 4.81. The zero-order valence-corrected chi connectivity index (χ0v) is 13.5. The second-order valence-electron chi connectivity index (χ2n) is 6.33. The Morgan fingerprint density at radius 3 is 2.96 bits per heavy atom. The van der Waals surface area contributed by atoms with Gasteiger partial charge in [0.25, 0.3) is 0 Å². The molecule has 0 spiro atoms. The minimum absolute atomic E-state index is 0.0413. The van der Waals surface area contributed by atoms with Crippen LogP contribution in [0.15, 0.2) is 42.7 Å². The number of aryl methyl sites for hydroxylation is 1. The summed E-state index contributed by atoms with van der Waals surface area (Å²) in [7, 11) is 0. The number of pyridine rings is 1. The second kappa shape index (κ2) is 6.49. The molecule has 2 atom stereocenters. The fraction of sp³-hybridized carbons (Fsp3) is 0.368. The maximum Gasteiger partial charge on any atom is 0.227 e. The molecule has 0 radical (unpaired) electrons. The molecule has 3 nitrogen and oxygen atoms in total. The molecule has 4 heteroatoms. The quantitative estimate of drug-likeness (QED) is 0.866. The minimum Gasteiger partial charge on any atom is -0.335 e. The van der Waals surface area contributed by atoms with E-state index in [4.69, 9.17) is 0 Å². The first-order valence-electron chi connectivity index (χ1n) is 8.00. The maximum absolute atomic E-state index is 13.6. The van der Waals surface area contributed by atoms with E-state index in [0.717, 1.165) is 29.7 Å². The van der Waals surface area contributed by atoms with Gasteiger partial charge >= 0.3 is 0 Å². The van der Waals surface area contributed by atoms with E-state index in [1.165, 1.54) is 6.07 Å². The zero-order chi connectivity index (χ0) is 16.4. The van der Waals surface area contributed by atoms with Crippen molar-refractivity contribution in [2.75, 3.05) is 6.54 Å². The predicted molar refractivity (Wildman–Crippen MR) is 87.3 cm³/mol. The molecule has 120 valence electrons. The monoisotopic (exact) mass is 312 g/mol. The number of hydrogen-bond acceptors (Lipinski definition) is 2. The highest BCUT2D eigenvalue weighted by Gasteiger charge is 2.35. The van der Waals surface area contributed by atoms with Crippen LogP contribution >= 0.6 is 0 Å². The van der Waals surface area contributed by atoms with Gasteiger partial charge in [-0.05, 0) is 54.2 Å². The van der Waals surface area contributed by atoms with E-state index in [9.17, 15) is 9.18 Å². The molecule has 23 heavy (non-hydrogen) atoms. The van der Waals surface area contributed by atoms with E-state index in [1.807, 2.05) is 24.0 Å². The van der Waals surface area contributed by atoms with Crippen LogP contribution in [-0.4, -0.2) is 22.3 Å². The summed E-state index contributed by atoms with van der Waals surface area (Å²) in [5, 5.41) is 0. The summed E-state index contributed by atoms with van der Waals surface area (Å²) in [6, 6.07) is 8.46. The molecular formula is C19H21FN2O. The summed E-state index contributed by atoms with van der Waals surface area (Å²) >= 11 is 0. The average molecular weight is 312 g/mol. The van der Waals surface area contributed by atoms with Crippen LogP contribution in [0.25, 0.3) is 0 Å². The molecule has 2 heterocycles. The highest BCUT2D eigenvalue weighted by atomic mass is 19.1. The second-order valence-corrected chi connectivity index (χ2v) is 6.33. The molecule has 0 aliphatic carbocycles. The van der Waals surface area contributed by atoms with Crippen LogP contribution < -0.4 is 0 Å². The lowest BCUT2D eigenvalue weighted by Gasteiger charge is -2.28. The Bertz CT molecular complexity index is 716. The first-order valence-corrected chi connectivity index (χ1v) is 8.00. The number of carbonyl (C=O) groups excluding carboxylic acids is 1. The summed E-state index contributed by atoms with van der Waals surface area (Å²) < 4.78 is 13.6. The topological polar surface area (TPSA) is 33.2 Å². The Labute approximate surface area is 136 Å². The van der Waals surface area contributed by atoms with Gasteiger partial charge in [0, 0.05) is 18.9 Å². The molecule has 1 amide bonds.